The maximum Gasteiger partial charge on any atom is 0.243 e. The van der Waals surface area contributed by atoms with Crippen molar-refractivity contribution in [1.82, 2.24) is 10.6 Å². The summed E-state index contributed by atoms with van der Waals surface area (Å²) in [5.41, 5.74) is 1.41. The molecule has 0 aliphatic rings. The molecule has 1 rings (SSSR count). The molecule has 132 valence electrons. The summed E-state index contributed by atoms with van der Waals surface area (Å²) in [5.74, 6) is 2.97. The van der Waals surface area contributed by atoms with Crippen LogP contribution in [0.25, 0.3) is 0 Å². The van der Waals surface area contributed by atoms with Crippen LogP contribution >= 0.6 is 35.7 Å². The molecule has 0 bridgehead atoms. The van der Waals surface area contributed by atoms with Gasteiger partial charge in [-0.25, -0.2) is 0 Å². The third-order valence-electron chi connectivity index (χ3n) is 3.19. The molecule has 1 aromatic rings. The van der Waals surface area contributed by atoms with Gasteiger partial charge in [0.1, 0.15) is 0 Å². The van der Waals surface area contributed by atoms with E-state index in [-0.39, 0.29) is 41.2 Å². The standard InChI is InChI=1S/C17H24N4OS.HI/c1-6-13-8-7-9-14(10-13)21-15(22)11-19-16(18-4)20-12-17(2,3)23-5;/h1,7-10H,11-12H2,2-5H3,(H,21,22)(H2,18,19,20);1H. The van der Waals surface area contributed by atoms with E-state index in [4.69, 9.17) is 6.42 Å². The molecule has 0 radical (unpaired) electrons. The Morgan fingerprint density at radius 3 is 2.67 bits per heavy atom. The lowest BCUT2D eigenvalue weighted by molar-refractivity contribution is -0.115. The van der Waals surface area contributed by atoms with Crippen molar-refractivity contribution >= 4 is 53.3 Å². The number of benzene rings is 1. The maximum atomic E-state index is 12.0. The molecule has 0 saturated carbocycles. The van der Waals surface area contributed by atoms with Crippen LogP contribution in [0.2, 0.25) is 0 Å². The summed E-state index contributed by atoms with van der Waals surface area (Å²) in [5, 5.41) is 9.00. The number of nitrogens with zero attached hydrogens (tertiary/aromatic N) is 1. The summed E-state index contributed by atoms with van der Waals surface area (Å²) in [6.07, 6.45) is 7.41. The molecule has 7 heteroatoms. The number of carbonyl (C=O) groups is 1. The van der Waals surface area contributed by atoms with Gasteiger partial charge in [-0.3, -0.25) is 9.79 Å². The van der Waals surface area contributed by atoms with Gasteiger partial charge in [0.05, 0.1) is 6.54 Å². The topological polar surface area (TPSA) is 65.5 Å². The van der Waals surface area contributed by atoms with Crippen molar-refractivity contribution in [3.8, 4) is 12.3 Å². The molecule has 0 saturated heterocycles. The predicted octanol–water partition coefficient (Wildman–Crippen LogP) is 2.53. The van der Waals surface area contributed by atoms with Crippen molar-refractivity contribution in [1.29, 1.82) is 0 Å². The second-order valence-corrected chi connectivity index (χ2v) is 7.03. The maximum absolute atomic E-state index is 12.0. The second-order valence-electron chi connectivity index (χ2n) is 5.52. The Morgan fingerprint density at radius 1 is 1.38 bits per heavy atom. The highest BCUT2D eigenvalue weighted by molar-refractivity contribution is 14.0. The van der Waals surface area contributed by atoms with Gasteiger partial charge in [-0.05, 0) is 38.3 Å². The fourth-order valence-electron chi connectivity index (χ4n) is 1.65. The molecule has 5 nitrogen and oxygen atoms in total. The lowest BCUT2D eigenvalue weighted by Gasteiger charge is -2.23. The van der Waals surface area contributed by atoms with Crippen molar-refractivity contribution in [3.05, 3.63) is 29.8 Å². The van der Waals surface area contributed by atoms with Crippen LogP contribution in [0.3, 0.4) is 0 Å². The van der Waals surface area contributed by atoms with Crippen LogP contribution in [0, 0.1) is 12.3 Å². The number of guanidine groups is 1. The molecule has 1 aromatic carbocycles. The number of terminal acetylenes is 1. The summed E-state index contributed by atoms with van der Waals surface area (Å²) in [6, 6.07) is 7.18. The molecule has 0 aromatic heterocycles. The lowest BCUT2D eigenvalue weighted by Crippen LogP contribution is -2.45. The highest BCUT2D eigenvalue weighted by atomic mass is 127. The third kappa shape index (κ3) is 8.45. The Morgan fingerprint density at radius 2 is 2.08 bits per heavy atom. The molecule has 0 unspecified atom stereocenters. The number of rotatable bonds is 6. The van der Waals surface area contributed by atoms with E-state index in [9.17, 15) is 4.79 Å². The first-order chi connectivity index (χ1) is 10.9. The third-order valence-corrected chi connectivity index (χ3v) is 4.44. The van der Waals surface area contributed by atoms with E-state index in [2.05, 4.69) is 47.0 Å². The average Bonchev–Trinajstić information content (AvgIpc) is 2.55. The number of amides is 1. The molecule has 0 fully saturated rings. The molecule has 24 heavy (non-hydrogen) atoms. The van der Waals surface area contributed by atoms with E-state index < -0.39 is 0 Å². The molecule has 0 aliphatic heterocycles. The minimum absolute atomic E-state index is 0. The van der Waals surface area contributed by atoms with Crippen LogP contribution in [-0.2, 0) is 4.79 Å². The van der Waals surface area contributed by atoms with Crippen molar-refractivity contribution in [2.45, 2.75) is 18.6 Å². The van der Waals surface area contributed by atoms with E-state index in [0.717, 1.165) is 12.1 Å². The molecular weight excluding hydrogens is 435 g/mol. The van der Waals surface area contributed by atoms with Crippen LogP contribution < -0.4 is 16.0 Å². The number of aliphatic imine (C=N–C) groups is 1. The van der Waals surface area contributed by atoms with Gasteiger partial charge in [0.2, 0.25) is 5.91 Å². The SMILES string of the molecule is C#Cc1cccc(NC(=O)CNC(=NC)NCC(C)(C)SC)c1.I. The van der Waals surface area contributed by atoms with E-state index in [0.29, 0.717) is 11.6 Å². The Bertz CT molecular complexity index is 611. The molecule has 1 amide bonds. The zero-order chi connectivity index (χ0) is 17.3. The zero-order valence-corrected chi connectivity index (χ0v) is 17.6. The number of anilines is 1. The summed E-state index contributed by atoms with van der Waals surface area (Å²) in [6.45, 7) is 5.16. The first-order valence-electron chi connectivity index (χ1n) is 7.26. The second kappa shape index (κ2) is 11.2. The monoisotopic (exact) mass is 460 g/mol. The fourth-order valence-corrected chi connectivity index (χ4v) is 1.86. The number of halogens is 1. The molecular formula is C17H25IN4OS. The van der Waals surface area contributed by atoms with Crippen LogP contribution in [0.1, 0.15) is 19.4 Å². The highest BCUT2D eigenvalue weighted by Gasteiger charge is 2.16. The van der Waals surface area contributed by atoms with Crippen LogP contribution in [0.4, 0.5) is 5.69 Å². The van der Waals surface area contributed by atoms with Gasteiger partial charge in [0.25, 0.3) is 0 Å². The van der Waals surface area contributed by atoms with Gasteiger partial charge in [-0.15, -0.1) is 30.4 Å². The number of carbonyl (C=O) groups excluding carboxylic acids is 1. The first kappa shape index (κ1) is 22.6. The quantitative estimate of drug-likeness (QED) is 0.264. The van der Waals surface area contributed by atoms with E-state index in [1.165, 1.54) is 0 Å². The Balaban J connectivity index is 0.00000529. The predicted molar refractivity (Wildman–Crippen MR) is 115 cm³/mol. The smallest absolute Gasteiger partial charge is 0.243 e. The average molecular weight is 460 g/mol. The highest BCUT2D eigenvalue weighted by Crippen LogP contribution is 2.19. The van der Waals surface area contributed by atoms with Crippen LogP contribution in [-0.4, -0.2) is 43.0 Å². The van der Waals surface area contributed by atoms with Gasteiger partial charge in [-0.1, -0.05) is 12.0 Å². The normalized spacial score (nSPS) is 11.0. The number of hydrogen-bond acceptors (Lipinski definition) is 3. The number of nitrogens with one attached hydrogen (secondary N) is 3. The van der Waals surface area contributed by atoms with Crippen molar-refractivity contribution < 1.29 is 4.79 Å². The van der Waals surface area contributed by atoms with E-state index in [1.54, 1.807) is 30.9 Å². The van der Waals surface area contributed by atoms with Crippen molar-refractivity contribution in [2.24, 2.45) is 4.99 Å². The van der Waals surface area contributed by atoms with Crippen LogP contribution in [0.5, 0.6) is 0 Å². The molecule has 0 aliphatic carbocycles. The Hall–Kier alpha value is -1.40. The van der Waals surface area contributed by atoms with Gasteiger partial charge in [0, 0.05) is 29.6 Å². The zero-order valence-electron chi connectivity index (χ0n) is 14.5. The van der Waals surface area contributed by atoms with E-state index >= 15 is 0 Å². The van der Waals surface area contributed by atoms with Gasteiger partial charge < -0.3 is 16.0 Å². The Kier molecular flexibility index (Phi) is 10.6. The van der Waals surface area contributed by atoms with Crippen molar-refractivity contribution in [3.63, 3.8) is 0 Å². The largest absolute Gasteiger partial charge is 0.355 e. The minimum Gasteiger partial charge on any atom is -0.355 e. The fraction of sp³-hybridized carbons (Fsp3) is 0.412. The van der Waals surface area contributed by atoms with Crippen molar-refractivity contribution in [2.75, 3.05) is 31.7 Å². The summed E-state index contributed by atoms with van der Waals surface area (Å²) in [4.78, 5) is 16.1. The van der Waals surface area contributed by atoms with E-state index in [1.807, 2.05) is 12.1 Å². The first-order valence-corrected chi connectivity index (χ1v) is 8.49. The Labute approximate surface area is 165 Å². The molecule has 0 spiro atoms. The number of hydrogen-bond donors (Lipinski definition) is 3. The van der Waals surface area contributed by atoms with Gasteiger partial charge >= 0.3 is 0 Å². The lowest BCUT2D eigenvalue weighted by atomic mass is 10.2. The molecule has 0 heterocycles. The molecule has 3 N–H and O–H groups in total. The summed E-state index contributed by atoms with van der Waals surface area (Å²) >= 11 is 1.77. The minimum atomic E-state index is -0.161. The summed E-state index contributed by atoms with van der Waals surface area (Å²) < 4.78 is 0.0928. The number of thioether (sulfide) groups is 1. The van der Waals surface area contributed by atoms with Gasteiger partial charge in [0.15, 0.2) is 5.96 Å². The summed E-state index contributed by atoms with van der Waals surface area (Å²) in [7, 11) is 1.68. The van der Waals surface area contributed by atoms with Gasteiger partial charge in [-0.2, -0.15) is 11.8 Å². The molecule has 0 atom stereocenters. The van der Waals surface area contributed by atoms with Crippen LogP contribution in [0.15, 0.2) is 29.3 Å².